The van der Waals surface area contributed by atoms with Gasteiger partial charge in [0.05, 0.1) is 11.6 Å². The molecule has 1 aromatic carbocycles. The lowest BCUT2D eigenvalue weighted by atomic mass is 10.0. The molecule has 102 valence electrons. The summed E-state index contributed by atoms with van der Waals surface area (Å²) in [7, 11) is 3.79. The second kappa shape index (κ2) is 6.55. The monoisotopic (exact) mass is 314 g/mol. The van der Waals surface area contributed by atoms with Crippen LogP contribution in [0.1, 0.15) is 25.8 Å². The van der Waals surface area contributed by atoms with Gasteiger partial charge in [0.15, 0.2) is 0 Å². The van der Waals surface area contributed by atoms with E-state index in [9.17, 15) is 0 Å². The van der Waals surface area contributed by atoms with Crippen LogP contribution in [0, 0.1) is 0 Å². The number of hydrogen-bond acceptors (Lipinski definition) is 3. The number of benzene rings is 1. The van der Waals surface area contributed by atoms with Gasteiger partial charge in [0.2, 0.25) is 0 Å². The second-order valence-electron chi connectivity index (χ2n) is 5.45. The number of nitrogens with zero attached hydrogens (tertiary/aromatic N) is 1. The number of nitrogens with two attached hydrogens (primary N) is 1. The Morgan fingerprint density at radius 1 is 1.39 bits per heavy atom. The SMILES string of the molecule is COc1ccc(CN(C)CCC(C)(C)N)cc1Br. The van der Waals surface area contributed by atoms with Crippen LogP contribution in [0.5, 0.6) is 5.75 Å². The molecule has 0 saturated heterocycles. The molecule has 0 radical (unpaired) electrons. The van der Waals surface area contributed by atoms with E-state index in [4.69, 9.17) is 10.5 Å². The molecule has 0 aromatic heterocycles. The highest BCUT2D eigenvalue weighted by Gasteiger charge is 2.12. The first-order valence-corrected chi connectivity index (χ1v) is 6.91. The van der Waals surface area contributed by atoms with Gasteiger partial charge in [-0.05, 0) is 67.5 Å². The van der Waals surface area contributed by atoms with Crippen molar-refractivity contribution in [1.29, 1.82) is 0 Å². The third-order valence-corrected chi connectivity index (χ3v) is 3.43. The topological polar surface area (TPSA) is 38.5 Å². The van der Waals surface area contributed by atoms with Crippen LogP contribution in [0.2, 0.25) is 0 Å². The van der Waals surface area contributed by atoms with Gasteiger partial charge < -0.3 is 15.4 Å². The average molecular weight is 315 g/mol. The Morgan fingerprint density at radius 3 is 2.56 bits per heavy atom. The fourth-order valence-corrected chi connectivity index (χ4v) is 2.27. The average Bonchev–Trinajstić information content (AvgIpc) is 2.26. The van der Waals surface area contributed by atoms with Gasteiger partial charge in [-0.3, -0.25) is 0 Å². The van der Waals surface area contributed by atoms with Crippen LogP contribution in [0.4, 0.5) is 0 Å². The zero-order valence-corrected chi connectivity index (χ0v) is 13.3. The van der Waals surface area contributed by atoms with Crippen LogP contribution < -0.4 is 10.5 Å². The van der Waals surface area contributed by atoms with Crippen molar-refractivity contribution < 1.29 is 4.74 Å². The molecular weight excluding hydrogens is 292 g/mol. The molecule has 0 atom stereocenters. The molecule has 0 fully saturated rings. The molecule has 2 N–H and O–H groups in total. The van der Waals surface area contributed by atoms with E-state index in [-0.39, 0.29) is 5.54 Å². The number of ether oxygens (including phenoxy) is 1. The summed E-state index contributed by atoms with van der Waals surface area (Å²) in [5, 5.41) is 0. The molecule has 18 heavy (non-hydrogen) atoms. The van der Waals surface area contributed by atoms with Crippen molar-refractivity contribution >= 4 is 15.9 Å². The van der Waals surface area contributed by atoms with Gasteiger partial charge >= 0.3 is 0 Å². The molecule has 1 aromatic rings. The summed E-state index contributed by atoms with van der Waals surface area (Å²) < 4.78 is 6.22. The first-order chi connectivity index (χ1) is 8.31. The number of halogens is 1. The lowest BCUT2D eigenvalue weighted by molar-refractivity contribution is 0.289. The summed E-state index contributed by atoms with van der Waals surface area (Å²) in [6.07, 6.45) is 0.987. The lowest BCUT2D eigenvalue weighted by Crippen LogP contribution is -2.36. The van der Waals surface area contributed by atoms with Gasteiger partial charge in [-0.1, -0.05) is 6.07 Å². The molecular formula is C14H23BrN2O. The Hall–Kier alpha value is -0.580. The van der Waals surface area contributed by atoms with Crippen molar-refractivity contribution in [3.63, 3.8) is 0 Å². The second-order valence-corrected chi connectivity index (χ2v) is 6.30. The third kappa shape index (κ3) is 5.38. The van der Waals surface area contributed by atoms with Crippen molar-refractivity contribution in [3.8, 4) is 5.75 Å². The van der Waals surface area contributed by atoms with Crippen LogP contribution in [0.25, 0.3) is 0 Å². The van der Waals surface area contributed by atoms with Crippen LogP contribution >= 0.6 is 15.9 Å². The zero-order chi connectivity index (χ0) is 13.8. The van der Waals surface area contributed by atoms with Gasteiger partial charge in [-0.2, -0.15) is 0 Å². The Kier molecular flexibility index (Phi) is 5.63. The molecule has 1 rings (SSSR count). The highest BCUT2D eigenvalue weighted by molar-refractivity contribution is 9.10. The molecule has 0 amide bonds. The Morgan fingerprint density at radius 2 is 2.06 bits per heavy atom. The Labute approximate surface area is 118 Å². The van der Waals surface area contributed by atoms with E-state index in [1.54, 1.807) is 7.11 Å². The fraction of sp³-hybridized carbons (Fsp3) is 0.571. The summed E-state index contributed by atoms with van der Waals surface area (Å²) in [6.45, 7) is 6.03. The quantitative estimate of drug-likeness (QED) is 0.877. The van der Waals surface area contributed by atoms with Crippen LogP contribution in [0.3, 0.4) is 0 Å². The van der Waals surface area contributed by atoms with Gasteiger partial charge in [-0.15, -0.1) is 0 Å². The smallest absolute Gasteiger partial charge is 0.133 e. The Balaban J connectivity index is 2.54. The van der Waals surface area contributed by atoms with Crippen LogP contribution in [-0.2, 0) is 6.54 Å². The van der Waals surface area contributed by atoms with Crippen molar-refractivity contribution in [1.82, 2.24) is 4.90 Å². The molecule has 4 heteroatoms. The van der Waals surface area contributed by atoms with Gasteiger partial charge in [0.25, 0.3) is 0 Å². The first-order valence-electron chi connectivity index (χ1n) is 6.11. The normalized spacial score (nSPS) is 11.9. The number of methoxy groups -OCH3 is 1. The molecule has 0 aliphatic heterocycles. The first kappa shape index (κ1) is 15.5. The molecule has 0 aliphatic carbocycles. The molecule has 0 saturated carbocycles. The molecule has 0 unspecified atom stereocenters. The van der Waals surface area contributed by atoms with E-state index in [1.807, 2.05) is 6.07 Å². The standard InChI is InChI=1S/C14H23BrN2O/c1-14(2,16)7-8-17(3)10-11-5-6-13(18-4)12(15)9-11/h5-6,9H,7-8,10,16H2,1-4H3. The van der Waals surface area contributed by atoms with Crippen molar-refractivity contribution in [2.24, 2.45) is 5.73 Å². The van der Waals surface area contributed by atoms with Crippen molar-refractivity contribution in [2.75, 3.05) is 20.7 Å². The summed E-state index contributed by atoms with van der Waals surface area (Å²) in [5.74, 6) is 0.865. The highest BCUT2D eigenvalue weighted by atomic mass is 79.9. The van der Waals surface area contributed by atoms with Gasteiger partial charge in [-0.25, -0.2) is 0 Å². The fourth-order valence-electron chi connectivity index (χ4n) is 1.68. The van der Waals surface area contributed by atoms with E-state index in [0.29, 0.717) is 0 Å². The molecule has 0 spiro atoms. The molecule has 0 bridgehead atoms. The zero-order valence-electron chi connectivity index (χ0n) is 11.7. The maximum Gasteiger partial charge on any atom is 0.133 e. The number of rotatable bonds is 6. The van der Waals surface area contributed by atoms with Crippen molar-refractivity contribution in [3.05, 3.63) is 28.2 Å². The lowest BCUT2D eigenvalue weighted by Gasteiger charge is -2.23. The minimum absolute atomic E-state index is 0.102. The summed E-state index contributed by atoms with van der Waals surface area (Å²) in [5.41, 5.74) is 7.15. The summed E-state index contributed by atoms with van der Waals surface area (Å²) >= 11 is 3.50. The van der Waals surface area contributed by atoms with Crippen LogP contribution in [0.15, 0.2) is 22.7 Å². The molecule has 0 heterocycles. The van der Waals surface area contributed by atoms with Gasteiger partial charge in [0.1, 0.15) is 5.75 Å². The van der Waals surface area contributed by atoms with Gasteiger partial charge in [0, 0.05) is 12.1 Å². The maximum absolute atomic E-state index is 5.99. The predicted octanol–water partition coefficient (Wildman–Crippen LogP) is 3.02. The van der Waals surface area contributed by atoms with Crippen molar-refractivity contribution in [2.45, 2.75) is 32.4 Å². The minimum atomic E-state index is -0.102. The largest absolute Gasteiger partial charge is 0.496 e. The van der Waals surface area contributed by atoms with E-state index in [0.717, 1.165) is 29.7 Å². The van der Waals surface area contributed by atoms with E-state index < -0.39 is 0 Å². The molecule has 0 aliphatic rings. The summed E-state index contributed by atoms with van der Waals surface area (Å²) in [6, 6.07) is 6.18. The Bertz CT molecular complexity index is 388. The maximum atomic E-state index is 5.99. The number of hydrogen-bond donors (Lipinski definition) is 1. The van der Waals surface area contributed by atoms with E-state index in [1.165, 1.54) is 5.56 Å². The predicted molar refractivity (Wildman–Crippen MR) is 79.9 cm³/mol. The van der Waals surface area contributed by atoms with E-state index in [2.05, 4.69) is 53.9 Å². The molecule has 3 nitrogen and oxygen atoms in total. The summed E-state index contributed by atoms with van der Waals surface area (Å²) in [4.78, 5) is 2.28. The minimum Gasteiger partial charge on any atom is -0.496 e. The van der Waals surface area contributed by atoms with E-state index >= 15 is 0 Å². The van der Waals surface area contributed by atoms with Crippen LogP contribution in [-0.4, -0.2) is 31.1 Å². The highest BCUT2D eigenvalue weighted by Crippen LogP contribution is 2.25. The third-order valence-electron chi connectivity index (χ3n) is 2.81.